The van der Waals surface area contributed by atoms with Crippen LogP contribution in [0.1, 0.15) is 35.0 Å². The molecule has 0 bridgehead atoms. The highest BCUT2D eigenvalue weighted by Gasteiger charge is 2.47. The highest BCUT2D eigenvalue weighted by molar-refractivity contribution is 5.99. The Hall–Kier alpha value is -2.67. The van der Waals surface area contributed by atoms with Crippen LogP contribution in [0.2, 0.25) is 0 Å². The predicted octanol–water partition coefficient (Wildman–Crippen LogP) is 1.89. The van der Waals surface area contributed by atoms with E-state index in [1.807, 2.05) is 53.8 Å². The summed E-state index contributed by atoms with van der Waals surface area (Å²) >= 11 is 0. The number of amides is 2. The van der Waals surface area contributed by atoms with Gasteiger partial charge in [-0.05, 0) is 25.8 Å². The lowest BCUT2D eigenvalue weighted by Crippen LogP contribution is -2.61. The van der Waals surface area contributed by atoms with Crippen LogP contribution in [0.5, 0.6) is 0 Å². The van der Waals surface area contributed by atoms with Gasteiger partial charge >= 0.3 is 0 Å². The van der Waals surface area contributed by atoms with Crippen molar-refractivity contribution in [2.45, 2.75) is 51.4 Å². The Kier molecular flexibility index (Phi) is 5.41. The van der Waals surface area contributed by atoms with Gasteiger partial charge in [-0.15, -0.1) is 0 Å². The smallest absolute Gasteiger partial charge is 0.258 e. The molecule has 154 valence electrons. The summed E-state index contributed by atoms with van der Waals surface area (Å²) in [5, 5.41) is 4.32. The van der Waals surface area contributed by atoms with Crippen molar-refractivity contribution in [2.24, 2.45) is 0 Å². The summed E-state index contributed by atoms with van der Waals surface area (Å²) < 4.78 is 7.33. The van der Waals surface area contributed by atoms with Crippen molar-refractivity contribution in [3.8, 4) is 0 Å². The maximum absolute atomic E-state index is 13.5. The van der Waals surface area contributed by atoms with Crippen molar-refractivity contribution in [3.63, 3.8) is 0 Å². The number of nitrogens with zero attached hydrogens (tertiary/aromatic N) is 4. The fraction of sp³-hybridized carbons (Fsp3) is 0.500. The normalized spacial score (nSPS) is 24.1. The van der Waals surface area contributed by atoms with E-state index in [0.29, 0.717) is 31.6 Å². The molecule has 1 aromatic carbocycles. The van der Waals surface area contributed by atoms with Gasteiger partial charge in [-0.25, -0.2) is 0 Å². The van der Waals surface area contributed by atoms with Crippen molar-refractivity contribution >= 4 is 11.8 Å². The monoisotopic (exact) mass is 396 g/mol. The van der Waals surface area contributed by atoms with E-state index in [4.69, 9.17) is 4.74 Å². The third-order valence-electron chi connectivity index (χ3n) is 6.23. The molecule has 2 fully saturated rings. The van der Waals surface area contributed by atoms with Crippen LogP contribution in [0.3, 0.4) is 0 Å². The van der Waals surface area contributed by atoms with Gasteiger partial charge in [-0.1, -0.05) is 30.3 Å². The van der Waals surface area contributed by atoms with E-state index >= 15 is 0 Å². The van der Waals surface area contributed by atoms with Crippen LogP contribution < -0.4 is 0 Å². The first-order valence-corrected chi connectivity index (χ1v) is 10.2. The Morgan fingerprint density at radius 3 is 2.66 bits per heavy atom. The average molecular weight is 396 g/mol. The number of methoxy groups -OCH3 is 1. The van der Waals surface area contributed by atoms with Gasteiger partial charge in [-0.2, -0.15) is 5.10 Å². The van der Waals surface area contributed by atoms with Gasteiger partial charge < -0.3 is 14.5 Å². The molecule has 2 aliphatic rings. The van der Waals surface area contributed by atoms with E-state index in [0.717, 1.165) is 17.7 Å². The molecule has 7 heteroatoms. The van der Waals surface area contributed by atoms with Crippen molar-refractivity contribution < 1.29 is 14.3 Å². The van der Waals surface area contributed by atoms with Gasteiger partial charge in [0.25, 0.3) is 5.91 Å². The number of benzene rings is 1. The van der Waals surface area contributed by atoms with Gasteiger partial charge in [-0.3, -0.25) is 14.3 Å². The van der Waals surface area contributed by atoms with E-state index in [9.17, 15) is 9.59 Å². The summed E-state index contributed by atoms with van der Waals surface area (Å²) in [6.07, 6.45) is 2.93. The topological polar surface area (TPSA) is 67.7 Å². The summed E-state index contributed by atoms with van der Waals surface area (Å²) in [7, 11) is 1.68. The lowest BCUT2D eigenvalue weighted by molar-refractivity contribution is -0.142. The van der Waals surface area contributed by atoms with Crippen molar-refractivity contribution in [2.75, 3.05) is 20.2 Å². The minimum Gasteiger partial charge on any atom is -0.380 e. The Morgan fingerprint density at radius 1 is 1.24 bits per heavy atom. The van der Waals surface area contributed by atoms with Crippen LogP contribution in [-0.4, -0.2) is 69.8 Å². The molecule has 3 heterocycles. The lowest BCUT2D eigenvalue weighted by atomic mass is 9.98. The standard InChI is InChI=1S/C22H28N4O3/c1-4-26-15(2)19(12-23-26)21(27)25-13-17-11-18(29-3)14-24(17)22(28)20(25)10-16-8-6-5-7-9-16/h5-9,12,17-18,20H,4,10-11,13-14H2,1-3H3/t17-,18-,20-/m0/s1. The molecule has 0 aliphatic carbocycles. The largest absolute Gasteiger partial charge is 0.380 e. The predicted molar refractivity (Wildman–Crippen MR) is 109 cm³/mol. The van der Waals surface area contributed by atoms with Crippen molar-refractivity contribution in [1.82, 2.24) is 19.6 Å². The van der Waals surface area contributed by atoms with Gasteiger partial charge in [0.15, 0.2) is 0 Å². The molecule has 2 aliphatic heterocycles. The molecule has 2 saturated heterocycles. The zero-order chi connectivity index (χ0) is 20.5. The zero-order valence-electron chi connectivity index (χ0n) is 17.2. The number of piperazine rings is 1. The van der Waals surface area contributed by atoms with E-state index in [1.54, 1.807) is 18.2 Å². The second-order valence-corrected chi connectivity index (χ2v) is 7.86. The van der Waals surface area contributed by atoms with Crippen LogP contribution >= 0.6 is 0 Å². The second-order valence-electron chi connectivity index (χ2n) is 7.86. The molecule has 4 rings (SSSR count). The lowest BCUT2D eigenvalue weighted by Gasteiger charge is -2.42. The second kappa shape index (κ2) is 7.99. The number of hydrogen-bond donors (Lipinski definition) is 0. The van der Waals surface area contributed by atoms with E-state index in [-0.39, 0.29) is 24.0 Å². The number of carbonyl (C=O) groups excluding carboxylic acids is 2. The SMILES string of the molecule is CCn1ncc(C(=O)N2C[C@@H]3C[C@H](OC)CN3C(=O)[C@@H]2Cc2ccccc2)c1C. The van der Waals surface area contributed by atoms with E-state index in [1.165, 1.54) is 0 Å². The molecule has 2 aromatic rings. The summed E-state index contributed by atoms with van der Waals surface area (Å²) in [6, 6.07) is 9.38. The van der Waals surface area contributed by atoms with Gasteiger partial charge in [0, 0.05) is 38.9 Å². The van der Waals surface area contributed by atoms with Crippen LogP contribution in [0.25, 0.3) is 0 Å². The number of carbonyl (C=O) groups is 2. The molecule has 2 amide bonds. The molecule has 1 aromatic heterocycles. The molecule has 0 spiro atoms. The Balaban J connectivity index is 1.66. The first-order valence-electron chi connectivity index (χ1n) is 10.2. The summed E-state index contributed by atoms with van der Waals surface area (Å²) in [5.74, 6) is -0.101. The van der Waals surface area contributed by atoms with Crippen LogP contribution in [0.4, 0.5) is 0 Å². The number of hydrogen-bond acceptors (Lipinski definition) is 4. The molecule has 0 N–H and O–H groups in total. The molecule has 0 unspecified atom stereocenters. The Bertz CT molecular complexity index is 895. The Labute approximate surface area is 171 Å². The van der Waals surface area contributed by atoms with Crippen LogP contribution in [0, 0.1) is 6.92 Å². The average Bonchev–Trinajstić information content (AvgIpc) is 3.33. The highest BCUT2D eigenvalue weighted by Crippen LogP contribution is 2.30. The number of fused-ring (bicyclic) bond motifs is 1. The van der Waals surface area contributed by atoms with Crippen molar-refractivity contribution in [3.05, 3.63) is 53.3 Å². The van der Waals surface area contributed by atoms with E-state index < -0.39 is 6.04 Å². The minimum atomic E-state index is -0.513. The molecular formula is C22H28N4O3. The van der Waals surface area contributed by atoms with Gasteiger partial charge in [0.05, 0.1) is 23.9 Å². The third-order valence-corrected chi connectivity index (χ3v) is 6.23. The van der Waals surface area contributed by atoms with Gasteiger partial charge in [0.1, 0.15) is 6.04 Å². The number of rotatable bonds is 5. The first kappa shape index (κ1) is 19.6. The molecule has 0 saturated carbocycles. The fourth-order valence-corrected chi connectivity index (χ4v) is 4.56. The molecule has 0 radical (unpaired) electrons. The molecule has 29 heavy (non-hydrogen) atoms. The fourth-order valence-electron chi connectivity index (χ4n) is 4.56. The Morgan fingerprint density at radius 2 is 2.00 bits per heavy atom. The third kappa shape index (κ3) is 3.55. The number of ether oxygens (including phenoxy) is 1. The summed E-state index contributed by atoms with van der Waals surface area (Å²) in [6.45, 7) is 5.74. The first-order chi connectivity index (χ1) is 14.0. The van der Waals surface area contributed by atoms with Gasteiger partial charge in [0.2, 0.25) is 5.91 Å². The minimum absolute atomic E-state index is 0.00458. The maximum atomic E-state index is 13.5. The number of aryl methyl sites for hydroxylation is 1. The van der Waals surface area contributed by atoms with Crippen LogP contribution in [-0.2, 0) is 22.5 Å². The highest BCUT2D eigenvalue weighted by atomic mass is 16.5. The van der Waals surface area contributed by atoms with Crippen LogP contribution in [0.15, 0.2) is 36.5 Å². The number of aromatic nitrogens is 2. The van der Waals surface area contributed by atoms with E-state index in [2.05, 4.69) is 5.10 Å². The molecule has 3 atom stereocenters. The molecule has 7 nitrogen and oxygen atoms in total. The van der Waals surface area contributed by atoms with Crippen molar-refractivity contribution in [1.29, 1.82) is 0 Å². The summed E-state index contributed by atoms with van der Waals surface area (Å²) in [5.41, 5.74) is 2.46. The zero-order valence-corrected chi connectivity index (χ0v) is 17.2. The summed E-state index contributed by atoms with van der Waals surface area (Å²) in [4.78, 5) is 30.6. The maximum Gasteiger partial charge on any atom is 0.258 e. The quantitative estimate of drug-likeness (QED) is 0.774. The molecular weight excluding hydrogens is 368 g/mol.